The fourth-order valence-electron chi connectivity index (χ4n) is 3.08. The first-order valence-electron chi connectivity index (χ1n) is 8.66. The summed E-state index contributed by atoms with van der Waals surface area (Å²) in [5, 5.41) is 2.56. The number of ether oxygens (including phenoxy) is 1. The summed E-state index contributed by atoms with van der Waals surface area (Å²) in [4.78, 5) is 20.9. The van der Waals surface area contributed by atoms with Crippen molar-refractivity contribution in [1.82, 2.24) is 15.3 Å². The highest BCUT2D eigenvalue weighted by molar-refractivity contribution is 5.73. The summed E-state index contributed by atoms with van der Waals surface area (Å²) >= 11 is 0. The minimum absolute atomic E-state index is 0.00583. The number of carbonyl (C=O) groups is 1. The van der Waals surface area contributed by atoms with Gasteiger partial charge in [-0.1, -0.05) is 0 Å². The number of halogens is 5. The Morgan fingerprint density at radius 2 is 2.03 bits per heavy atom. The molecule has 6 nitrogen and oxygen atoms in total. The Morgan fingerprint density at radius 1 is 1.28 bits per heavy atom. The number of hydrogen-bond donors (Lipinski definition) is 1. The third-order valence-electron chi connectivity index (χ3n) is 4.36. The minimum Gasteiger partial charge on any atom is -0.403 e. The van der Waals surface area contributed by atoms with E-state index in [0.29, 0.717) is 18.8 Å². The molecule has 3 rings (SSSR count). The first kappa shape index (κ1) is 20.7. The average molecular weight is 416 g/mol. The van der Waals surface area contributed by atoms with E-state index >= 15 is 0 Å². The molecule has 1 aromatic carbocycles. The SMILES string of the molecule is CC(=O)N[C@@H]1CCN(c2cc(-c3ccc(OC(F)(F)F)c(F)c3)ncn2)C[C@H]1F. The molecular weight excluding hydrogens is 399 g/mol. The molecule has 1 fully saturated rings. The van der Waals surface area contributed by atoms with Crippen molar-refractivity contribution in [3.05, 3.63) is 36.4 Å². The molecule has 2 heterocycles. The fourth-order valence-corrected chi connectivity index (χ4v) is 3.08. The average Bonchev–Trinajstić information content (AvgIpc) is 2.64. The maximum atomic E-state index is 14.3. The molecule has 0 bridgehead atoms. The molecule has 0 spiro atoms. The predicted octanol–water partition coefficient (Wildman–Crippen LogP) is 3.23. The van der Waals surface area contributed by atoms with E-state index < -0.39 is 30.1 Å². The molecule has 0 unspecified atom stereocenters. The van der Waals surface area contributed by atoms with Gasteiger partial charge in [-0.15, -0.1) is 13.2 Å². The van der Waals surface area contributed by atoms with E-state index in [1.54, 1.807) is 4.90 Å². The van der Waals surface area contributed by atoms with E-state index in [9.17, 15) is 26.7 Å². The Morgan fingerprint density at radius 3 is 2.66 bits per heavy atom. The number of hydrogen-bond acceptors (Lipinski definition) is 5. The highest BCUT2D eigenvalue weighted by Crippen LogP contribution is 2.30. The van der Waals surface area contributed by atoms with Crippen LogP contribution in [0.3, 0.4) is 0 Å². The normalized spacial score (nSPS) is 19.7. The van der Waals surface area contributed by atoms with Crippen LogP contribution in [-0.4, -0.2) is 47.5 Å². The van der Waals surface area contributed by atoms with Crippen LogP contribution in [0.1, 0.15) is 13.3 Å². The molecule has 0 saturated carbocycles. The first-order valence-corrected chi connectivity index (χ1v) is 8.66. The topological polar surface area (TPSA) is 67.4 Å². The lowest BCUT2D eigenvalue weighted by Gasteiger charge is -2.35. The standard InChI is InChI=1S/C18H17F5N4O2/c1-10(28)26-14-4-5-27(8-13(14)20)17-7-15(24-9-25-17)11-2-3-16(12(19)6-11)29-18(21,22)23/h2-3,6-7,9,13-14H,4-5,8H2,1H3,(H,26,28)/t13-,14-/m1/s1. The molecule has 11 heteroatoms. The van der Waals surface area contributed by atoms with Crippen molar-refractivity contribution in [3.63, 3.8) is 0 Å². The summed E-state index contributed by atoms with van der Waals surface area (Å²) in [6.45, 7) is 1.74. The van der Waals surface area contributed by atoms with Crippen molar-refractivity contribution in [2.24, 2.45) is 0 Å². The number of rotatable bonds is 4. The van der Waals surface area contributed by atoms with E-state index in [0.717, 1.165) is 12.1 Å². The lowest BCUT2D eigenvalue weighted by molar-refractivity contribution is -0.275. The predicted molar refractivity (Wildman–Crippen MR) is 93.4 cm³/mol. The summed E-state index contributed by atoms with van der Waals surface area (Å²) in [6, 6.07) is 3.87. The van der Waals surface area contributed by atoms with Crippen molar-refractivity contribution in [2.75, 3.05) is 18.0 Å². The number of piperidine rings is 1. The molecule has 0 aliphatic carbocycles. The number of amides is 1. The largest absolute Gasteiger partial charge is 0.573 e. The molecule has 156 valence electrons. The summed E-state index contributed by atoms with van der Waals surface area (Å²) in [5.74, 6) is -2.07. The molecule has 2 atom stereocenters. The number of alkyl halides is 4. The van der Waals surface area contributed by atoms with Gasteiger partial charge in [0.25, 0.3) is 0 Å². The Hall–Kier alpha value is -2.98. The van der Waals surface area contributed by atoms with Gasteiger partial charge in [-0.3, -0.25) is 4.79 Å². The molecule has 0 radical (unpaired) electrons. The van der Waals surface area contributed by atoms with Gasteiger partial charge >= 0.3 is 6.36 Å². The van der Waals surface area contributed by atoms with Crippen LogP contribution in [-0.2, 0) is 4.79 Å². The fraction of sp³-hybridized carbons (Fsp3) is 0.389. The zero-order chi connectivity index (χ0) is 21.2. The maximum Gasteiger partial charge on any atom is 0.573 e. The number of benzene rings is 1. The molecule has 1 aromatic heterocycles. The van der Waals surface area contributed by atoms with Crippen molar-refractivity contribution in [2.45, 2.75) is 31.9 Å². The molecule has 29 heavy (non-hydrogen) atoms. The Kier molecular flexibility index (Phi) is 5.85. The van der Waals surface area contributed by atoms with E-state index in [2.05, 4.69) is 20.0 Å². The second kappa shape index (κ2) is 8.18. The Labute approximate surface area is 162 Å². The van der Waals surface area contributed by atoms with Gasteiger partial charge < -0.3 is 15.0 Å². The Balaban J connectivity index is 1.77. The van der Waals surface area contributed by atoms with Gasteiger partial charge in [0.1, 0.15) is 18.3 Å². The van der Waals surface area contributed by atoms with E-state index in [1.807, 2.05) is 0 Å². The van der Waals surface area contributed by atoms with Crippen LogP contribution in [0, 0.1) is 5.82 Å². The summed E-state index contributed by atoms with van der Waals surface area (Å²) < 4.78 is 68.7. The highest BCUT2D eigenvalue weighted by atomic mass is 19.4. The van der Waals surface area contributed by atoms with Crippen LogP contribution in [0.25, 0.3) is 11.3 Å². The number of anilines is 1. The second-order valence-electron chi connectivity index (χ2n) is 6.51. The van der Waals surface area contributed by atoms with E-state index in [4.69, 9.17) is 0 Å². The molecule has 1 amide bonds. The number of nitrogens with zero attached hydrogens (tertiary/aromatic N) is 3. The zero-order valence-electron chi connectivity index (χ0n) is 15.2. The minimum atomic E-state index is -5.00. The van der Waals surface area contributed by atoms with E-state index in [1.165, 1.54) is 25.4 Å². The monoisotopic (exact) mass is 416 g/mol. The van der Waals surface area contributed by atoms with Gasteiger partial charge in [-0.05, 0) is 24.6 Å². The second-order valence-corrected chi connectivity index (χ2v) is 6.51. The zero-order valence-corrected chi connectivity index (χ0v) is 15.2. The van der Waals surface area contributed by atoms with Crippen molar-refractivity contribution in [3.8, 4) is 17.0 Å². The number of aromatic nitrogens is 2. The third kappa shape index (κ3) is 5.30. The molecular formula is C18H17F5N4O2. The van der Waals surface area contributed by atoms with Gasteiger partial charge in [0.2, 0.25) is 5.91 Å². The molecule has 1 aliphatic heterocycles. The third-order valence-corrected chi connectivity index (χ3v) is 4.36. The summed E-state index contributed by atoms with van der Waals surface area (Å²) in [7, 11) is 0. The van der Waals surface area contributed by atoms with Gasteiger partial charge in [0.15, 0.2) is 11.6 Å². The van der Waals surface area contributed by atoms with Gasteiger partial charge in [-0.25, -0.2) is 18.7 Å². The van der Waals surface area contributed by atoms with Gasteiger partial charge in [-0.2, -0.15) is 0 Å². The molecule has 1 saturated heterocycles. The van der Waals surface area contributed by atoms with Crippen LogP contribution < -0.4 is 15.0 Å². The van der Waals surface area contributed by atoms with Crippen molar-refractivity contribution < 1.29 is 31.5 Å². The molecule has 2 aromatic rings. The van der Waals surface area contributed by atoms with Crippen LogP contribution >= 0.6 is 0 Å². The van der Waals surface area contributed by atoms with Gasteiger partial charge in [0.05, 0.1) is 18.3 Å². The molecule has 1 aliphatic rings. The van der Waals surface area contributed by atoms with Crippen LogP contribution in [0.4, 0.5) is 27.8 Å². The van der Waals surface area contributed by atoms with Crippen molar-refractivity contribution in [1.29, 1.82) is 0 Å². The van der Waals surface area contributed by atoms with Crippen LogP contribution in [0.2, 0.25) is 0 Å². The van der Waals surface area contributed by atoms with E-state index in [-0.39, 0.29) is 23.7 Å². The highest BCUT2D eigenvalue weighted by Gasteiger charge is 2.33. The van der Waals surface area contributed by atoms with Crippen molar-refractivity contribution >= 4 is 11.7 Å². The summed E-state index contributed by atoms with van der Waals surface area (Å²) in [6.07, 6.45) is -4.73. The number of carbonyl (C=O) groups excluding carboxylic acids is 1. The maximum absolute atomic E-state index is 14.3. The molecule has 1 N–H and O–H groups in total. The lowest BCUT2D eigenvalue weighted by Crippen LogP contribution is -2.52. The summed E-state index contributed by atoms with van der Waals surface area (Å²) in [5.41, 5.74) is 0.470. The number of nitrogens with one attached hydrogen (secondary N) is 1. The lowest BCUT2D eigenvalue weighted by atomic mass is 10.0. The Bertz CT molecular complexity index is 893. The van der Waals surface area contributed by atoms with Gasteiger partial charge in [0, 0.05) is 25.1 Å². The first-order chi connectivity index (χ1) is 13.6. The quantitative estimate of drug-likeness (QED) is 0.776. The smallest absolute Gasteiger partial charge is 0.403 e. The van der Waals surface area contributed by atoms with Crippen LogP contribution in [0.15, 0.2) is 30.6 Å². The van der Waals surface area contributed by atoms with Crippen LogP contribution in [0.5, 0.6) is 5.75 Å².